The number of nitrogens with one attached hydrogen (secondary N) is 1. The molecule has 7 nitrogen and oxygen atoms in total. The van der Waals surface area contributed by atoms with Crippen LogP contribution in [0.25, 0.3) is 16.6 Å². The maximum atomic E-state index is 15.2. The summed E-state index contributed by atoms with van der Waals surface area (Å²) in [4.78, 5) is 26.1. The van der Waals surface area contributed by atoms with E-state index in [0.29, 0.717) is 42.1 Å². The van der Waals surface area contributed by atoms with Gasteiger partial charge in [0, 0.05) is 25.3 Å². The molecule has 2 aliphatic heterocycles. The number of nitrogens with two attached hydrogens (primary N) is 1. The lowest BCUT2D eigenvalue weighted by Crippen LogP contribution is -2.29. The number of pyridine rings is 1. The number of carbonyl (C=O) groups is 1. The van der Waals surface area contributed by atoms with Gasteiger partial charge in [-0.25, -0.2) is 13.6 Å². The lowest BCUT2D eigenvalue weighted by atomic mass is 10.0. The van der Waals surface area contributed by atoms with Crippen molar-refractivity contribution >= 4 is 33.9 Å². The van der Waals surface area contributed by atoms with E-state index in [9.17, 15) is 19.1 Å². The highest BCUT2D eigenvalue weighted by Gasteiger charge is 2.31. The smallest absolute Gasteiger partial charge is 0.341 e. The molecule has 29 heavy (non-hydrogen) atoms. The maximum Gasteiger partial charge on any atom is 0.341 e. The first-order chi connectivity index (χ1) is 13.8. The van der Waals surface area contributed by atoms with Crippen LogP contribution in [0, 0.1) is 11.6 Å². The molecule has 1 saturated heterocycles. The van der Waals surface area contributed by atoms with Crippen molar-refractivity contribution < 1.29 is 18.7 Å². The van der Waals surface area contributed by atoms with Gasteiger partial charge in [-0.05, 0) is 30.7 Å². The van der Waals surface area contributed by atoms with Crippen molar-refractivity contribution in [2.75, 3.05) is 23.3 Å². The highest BCUT2D eigenvalue weighted by Crippen LogP contribution is 2.44. The fourth-order valence-corrected chi connectivity index (χ4v) is 4.16. The van der Waals surface area contributed by atoms with Crippen LogP contribution in [0.2, 0.25) is 0 Å². The normalized spacial score (nSPS) is 17.3. The fraction of sp³-hybridized carbons (Fsp3) is 0.200. The van der Waals surface area contributed by atoms with Crippen molar-refractivity contribution in [3.8, 4) is 5.69 Å². The number of carboxylic acid groups (broad SMARTS) is 1. The van der Waals surface area contributed by atoms with Crippen LogP contribution in [-0.4, -0.2) is 34.8 Å². The molecule has 1 fully saturated rings. The second kappa shape index (κ2) is 6.02. The van der Waals surface area contributed by atoms with Crippen LogP contribution in [0.1, 0.15) is 16.8 Å². The topological polar surface area (TPSA) is 101 Å². The first-order valence-corrected chi connectivity index (χ1v) is 9.08. The van der Waals surface area contributed by atoms with Gasteiger partial charge in [0.2, 0.25) is 5.43 Å². The van der Waals surface area contributed by atoms with Crippen LogP contribution in [0.5, 0.6) is 0 Å². The van der Waals surface area contributed by atoms with Crippen molar-refractivity contribution in [3.63, 3.8) is 0 Å². The summed E-state index contributed by atoms with van der Waals surface area (Å²) in [5.41, 5.74) is 6.38. The molecule has 1 unspecified atom stereocenters. The number of aromatic carboxylic acids is 1. The van der Waals surface area contributed by atoms with Gasteiger partial charge < -0.3 is 25.6 Å². The largest absolute Gasteiger partial charge is 0.477 e. The van der Waals surface area contributed by atoms with E-state index in [1.807, 2.05) is 0 Å². The van der Waals surface area contributed by atoms with Gasteiger partial charge in [0.1, 0.15) is 17.2 Å². The summed E-state index contributed by atoms with van der Waals surface area (Å²) in [7, 11) is 0. The zero-order chi connectivity index (χ0) is 20.4. The van der Waals surface area contributed by atoms with Crippen LogP contribution in [0.3, 0.4) is 0 Å². The summed E-state index contributed by atoms with van der Waals surface area (Å²) < 4.78 is 30.5. The van der Waals surface area contributed by atoms with E-state index in [1.165, 1.54) is 29.0 Å². The van der Waals surface area contributed by atoms with E-state index in [0.717, 1.165) is 6.07 Å². The van der Waals surface area contributed by atoms with Gasteiger partial charge >= 0.3 is 5.97 Å². The number of carboxylic acids is 1. The Labute approximate surface area is 163 Å². The van der Waals surface area contributed by atoms with Gasteiger partial charge in [-0.2, -0.15) is 0 Å². The molecule has 0 radical (unpaired) electrons. The van der Waals surface area contributed by atoms with Crippen molar-refractivity contribution in [3.05, 3.63) is 57.9 Å². The first kappa shape index (κ1) is 17.6. The minimum atomic E-state index is -1.42. The summed E-state index contributed by atoms with van der Waals surface area (Å²) in [5.74, 6) is -2.59. The van der Waals surface area contributed by atoms with Crippen LogP contribution in [0.4, 0.5) is 25.8 Å². The van der Waals surface area contributed by atoms with Crippen molar-refractivity contribution in [2.45, 2.75) is 12.5 Å². The van der Waals surface area contributed by atoms with Crippen LogP contribution >= 0.6 is 0 Å². The minimum Gasteiger partial charge on any atom is -0.477 e. The molecule has 4 N–H and O–H groups in total. The highest BCUT2D eigenvalue weighted by molar-refractivity contribution is 6.06. The summed E-state index contributed by atoms with van der Waals surface area (Å²) in [6.07, 6.45) is 1.89. The highest BCUT2D eigenvalue weighted by atomic mass is 19.1. The van der Waals surface area contributed by atoms with Crippen molar-refractivity contribution in [1.29, 1.82) is 0 Å². The van der Waals surface area contributed by atoms with Gasteiger partial charge in [0.05, 0.1) is 33.7 Å². The summed E-state index contributed by atoms with van der Waals surface area (Å²) >= 11 is 0. The van der Waals surface area contributed by atoms with Gasteiger partial charge in [0.25, 0.3) is 0 Å². The standard InChI is InChI=1S/C20H16F2N4O3/c21-9-1-2-15-14(5-9)24-16-17-11(19(27)12(20(28)29)8-26(15)17)6-13(22)18(16)25-4-3-10(23)7-25/h1-2,5-6,8,10,24H,3-4,7,23H2,(H,28,29). The van der Waals surface area contributed by atoms with Crippen LogP contribution < -0.4 is 21.4 Å². The molecule has 1 aromatic heterocycles. The number of hydrogen-bond acceptors (Lipinski definition) is 5. The molecule has 148 valence electrons. The molecule has 0 aliphatic carbocycles. The maximum absolute atomic E-state index is 15.2. The van der Waals surface area contributed by atoms with E-state index in [2.05, 4.69) is 5.32 Å². The number of halogens is 2. The molecule has 0 spiro atoms. The predicted molar refractivity (Wildman–Crippen MR) is 105 cm³/mol. The van der Waals surface area contributed by atoms with Crippen LogP contribution in [-0.2, 0) is 0 Å². The lowest BCUT2D eigenvalue weighted by molar-refractivity contribution is 0.0695. The Bertz CT molecular complexity index is 1270. The molecule has 3 heterocycles. The number of benzene rings is 2. The monoisotopic (exact) mass is 398 g/mol. The lowest BCUT2D eigenvalue weighted by Gasteiger charge is -2.30. The molecule has 3 aromatic rings. The Morgan fingerprint density at radius 1 is 1.28 bits per heavy atom. The Hall–Kier alpha value is -3.46. The Morgan fingerprint density at radius 3 is 2.76 bits per heavy atom. The minimum absolute atomic E-state index is 0.0629. The SMILES string of the molecule is NC1CCN(c2c(F)cc3c(=O)c(C(=O)O)cn4c3c2Nc2cc(F)ccc2-4)C1. The second-order valence-electron chi connectivity index (χ2n) is 7.31. The Morgan fingerprint density at radius 2 is 2.07 bits per heavy atom. The molecule has 0 amide bonds. The third-order valence-corrected chi connectivity index (χ3v) is 5.46. The molecule has 0 bridgehead atoms. The van der Waals surface area contributed by atoms with Gasteiger partial charge in [-0.3, -0.25) is 4.79 Å². The molecule has 2 aromatic carbocycles. The number of nitrogens with zero attached hydrogens (tertiary/aromatic N) is 2. The molecule has 0 saturated carbocycles. The average Bonchev–Trinajstić information content (AvgIpc) is 3.08. The van der Waals surface area contributed by atoms with E-state index < -0.39 is 28.6 Å². The number of aromatic nitrogens is 1. The number of rotatable bonds is 2. The fourth-order valence-electron chi connectivity index (χ4n) is 4.16. The summed E-state index contributed by atoms with van der Waals surface area (Å²) in [5, 5.41) is 12.4. The predicted octanol–water partition coefficient (Wildman–Crippen LogP) is 2.56. The number of anilines is 3. The van der Waals surface area contributed by atoms with Crippen LogP contribution in [0.15, 0.2) is 35.3 Å². The third kappa shape index (κ3) is 2.51. The number of fused-ring (bicyclic) bond motifs is 2. The molecular weight excluding hydrogens is 382 g/mol. The van der Waals surface area contributed by atoms with Gasteiger partial charge in [-0.15, -0.1) is 0 Å². The molecule has 5 rings (SSSR count). The summed E-state index contributed by atoms with van der Waals surface area (Å²) in [6.45, 7) is 0.969. The summed E-state index contributed by atoms with van der Waals surface area (Å²) in [6, 6.07) is 4.92. The molecule has 9 heteroatoms. The zero-order valence-corrected chi connectivity index (χ0v) is 15.1. The molecule has 1 atom stereocenters. The van der Waals surface area contributed by atoms with E-state index >= 15 is 4.39 Å². The quantitative estimate of drug-likeness (QED) is 0.480. The molecular formula is C20H16F2N4O3. The average molecular weight is 398 g/mol. The third-order valence-electron chi connectivity index (χ3n) is 5.46. The zero-order valence-electron chi connectivity index (χ0n) is 15.1. The van der Waals surface area contributed by atoms with Crippen molar-refractivity contribution in [1.82, 2.24) is 4.57 Å². The second-order valence-corrected chi connectivity index (χ2v) is 7.31. The first-order valence-electron chi connectivity index (χ1n) is 9.08. The number of hydrogen-bond donors (Lipinski definition) is 3. The van der Waals surface area contributed by atoms with E-state index in [4.69, 9.17) is 5.73 Å². The van der Waals surface area contributed by atoms with Gasteiger partial charge in [-0.1, -0.05) is 0 Å². The molecule has 2 aliphatic rings. The van der Waals surface area contributed by atoms with E-state index in [-0.39, 0.29) is 17.1 Å². The Balaban J connectivity index is 1.91. The van der Waals surface area contributed by atoms with Gasteiger partial charge in [0.15, 0.2) is 0 Å². The Kier molecular flexibility index (Phi) is 3.66. The van der Waals surface area contributed by atoms with E-state index in [1.54, 1.807) is 4.90 Å². The van der Waals surface area contributed by atoms with Crippen molar-refractivity contribution in [2.24, 2.45) is 5.73 Å².